The zero-order chi connectivity index (χ0) is 10.2. The van der Waals surface area contributed by atoms with E-state index in [1.54, 1.807) is 0 Å². The van der Waals surface area contributed by atoms with E-state index in [0.717, 1.165) is 5.56 Å². The normalized spacial score (nSPS) is 10.0. The molecule has 1 amide bonds. The number of hydrogen-bond acceptors (Lipinski definition) is 1. The molecule has 0 fully saturated rings. The maximum absolute atomic E-state index is 10.8. The van der Waals surface area contributed by atoms with Crippen LogP contribution in [-0.4, -0.2) is 12.5 Å². The molecule has 2 nitrogen and oxygen atoms in total. The molecule has 0 bridgehead atoms. The van der Waals surface area contributed by atoms with Crippen LogP contribution in [0.1, 0.15) is 5.56 Å². The smallest absolute Gasteiger partial charge is 0.243 e. The number of hydrogen-bond donors (Lipinski definition) is 1. The highest BCUT2D eigenvalue weighted by molar-refractivity contribution is 5.86. The third kappa shape index (κ3) is 3.72. The highest BCUT2D eigenvalue weighted by Gasteiger charge is 1.88. The molecule has 0 spiro atoms. The van der Waals surface area contributed by atoms with E-state index in [1.165, 1.54) is 6.08 Å². The van der Waals surface area contributed by atoms with Crippen molar-refractivity contribution in [2.24, 2.45) is 0 Å². The molecule has 0 aliphatic rings. The number of carbonyl (C=O) groups is 1. The maximum Gasteiger partial charge on any atom is 0.243 e. The molecule has 0 aromatic heterocycles. The van der Waals surface area contributed by atoms with Crippen LogP contribution in [0.25, 0.3) is 6.08 Å². The lowest BCUT2D eigenvalue weighted by molar-refractivity contribution is -0.116. The van der Waals surface area contributed by atoms with Crippen LogP contribution in [0.3, 0.4) is 0 Å². The first-order chi connectivity index (χ1) is 6.83. The average molecular weight is 187 g/mol. The molecule has 0 aliphatic carbocycles. The van der Waals surface area contributed by atoms with Gasteiger partial charge in [0.15, 0.2) is 0 Å². The Labute approximate surface area is 84.0 Å². The lowest BCUT2D eigenvalue weighted by Gasteiger charge is -1.95. The van der Waals surface area contributed by atoms with Crippen molar-refractivity contribution < 1.29 is 4.79 Å². The second-order valence-corrected chi connectivity index (χ2v) is 2.76. The van der Waals surface area contributed by atoms with E-state index in [0.29, 0.717) is 6.54 Å². The summed E-state index contributed by atoms with van der Waals surface area (Å²) < 4.78 is 0. The number of rotatable bonds is 4. The van der Waals surface area contributed by atoms with Gasteiger partial charge in [-0.05, 0) is 11.6 Å². The molecule has 0 atom stereocenters. The van der Waals surface area contributed by atoms with E-state index >= 15 is 0 Å². The van der Waals surface area contributed by atoms with E-state index in [4.69, 9.17) is 0 Å². The lowest BCUT2D eigenvalue weighted by atomic mass is 10.2. The second kappa shape index (κ2) is 5.75. The SMILES string of the molecule is C=CC(=O)NCC=Cc1ccccc1. The van der Waals surface area contributed by atoms with Gasteiger partial charge in [-0.15, -0.1) is 0 Å². The Hall–Kier alpha value is -1.83. The molecule has 0 unspecified atom stereocenters. The van der Waals surface area contributed by atoms with Crippen molar-refractivity contribution in [2.75, 3.05) is 6.54 Å². The van der Waals surface area contributed by atoms with Crippen LogP contribution in [0.5, 0.6) is 0 Å². The van der Waals surface area contributed by atoms with Gasteiger partial charge in [-0.25, -0.2) is 0 Å². The van der Waals surface area contributed by atoms with E-state index in [-0.39, 0.29) is 5.91 Å². The Kier molecular flexibility index (Phi) is 4.21. The van der Waals surface area contributed by atoms with Crippen molar-refractivity contribution in [2.45, 2.75) is 0 Å². The number of benzene rings is 1. The predicted molar refractivity (Wildman–Crippen MR) is 58.7 cm³/mol. The predicted octanol–water partition coefficient (Wildman–Crippen LogP) is 2.00. The molecule has 0 saturated heterocycles. The molecule has 0 aliphatic heterocycles. The Morgan fingerprint density at radius 2 is 2.07 bits per heavy atom. The fourth-order valence-corrected chi connectivity index (χ4v) is 0.991. The third-order valence-corrected chi connectivity index (χ3v) is 1.69. The first kappa shape index (κ1) is 10.3. The van der Waals surface area contributed by atoms with Gasteiger partial charge in [-0.2, -0.15) is 0 Å². The average Bonchev–Trinajstić information content (AvgIpc) is 2.25. The quantitative estimate of drug-likeness (QED) is 0.718. The van der Waals surface area contributed by atoms with Crippen LogP contribution in [-0.2, 0) is 4.79 Å². The summed E-state index contributed by atoms with van der Waals surface area (Å²) in [6, 6.07) is 9.93. The molecule has 72 valence electrons. The summed E-state index contributed by atoms with van der Waals surface area (Å²) in [5.41, 5.74) is 1.13. The zero-order valence-electron chi connectivity index (χ0n) is 7.94. The monoisotopic (exact) mass is 187 g/mol. The topological polar surface area (TPSA) is 29.1 Å². The largest absolute Gasteiger partial charge is 0.349 e. The molecule has 1 N–H and O–H groups in total. The summed E-state index contributed by atoms with van der Waals surface area (Å²) in [4.78, 5) is 10.8. The first-order valence-electron chi connectivity index (χ1n) is 4.45. The van der Waals surface area contributed by atoms with E-state index < -0.39 is 0 Å². The highest BCUT2D eigenvalue weighted by atomic mass is 16.1. The summed E-state index contributed by atoms with van der Waals surface area (Å²) in [6.07, 6.45) is 5.12. The summed E-state index contributed by atoms with van der Waals surface area (Å²) in [5.74, 6) is -0.150. The van der Waals surface area contributed by atoms with Gasteiger partial charge in [-0.3, -0.25) is 4.79 Å². The molecular weight excluding hydrogens is 174 g/mol. The summed E-state index contributed by atoms with van der Waals surface area (Å²) in [7, 11) is 0. The lowest BCUT2D eigenvalue weighted by Crippen LogP contribution is -2.20. The minimum absolute atomic E-state index is 0.150. The van der Waals surface area contributed by atoms with Gasteiger partial charge < -0.3 is 5.32 Å². The number of carbonyl (C=O) groups excluding carboxylic acids is 1. The Bertz CT molecular complexity index is 327. The summed E-state index contributed by atoms with van der Waals surface area (Å²) in [5, 5.41) is 2.66. The van der Waals surface area contributed by atoms with Gasteiger partial charge in [0.1, 0.15) is 0 Å². The molecule has 14 heavy (non-hydrogen) atoms. The van der Waals surface area contributed by atoms with Crippen LogP contribution >= 0.6 is 0 Å². The Morgan fingerprint density at radius 3 is 2.71 bits per heavy atom. The number of nitrogens with one attached hydrogen (secondary N) is 1. The molecule has 0 saturated carbocycles. The van der Waals surface area contributed by atoms with Gasteiger partial charge in [0, 0.05) is 6.54 Å². The van der Waals surface area contributed by atoms with Gasteiger partial charge in [-0.1, -0.05) is 49.1 Å². The molecule has 1 aromatic rings. The standard InChI is InChI=1S/C12H13NO/c1-2-12(14)13-10-6-9-11-7-4-3-5-8-11/h2-9H,1,10H2,(H,13,14). The molecule has 1 rings (SSSR count). The second-order valence-electron chi connectivity index (χ2n) is 2.76. The van der Waals surface area contributed by atoms with Gasteiger partial charge >= 0.3 is 0 Å². The van der Waals surface area contributed by atoms with Crippen LogP contribution in [0.2, 0.25) is 0 Å². The zero-order valence-corrected chi connectivity index (χ0v) is 7.94. The Morgan fingerprint density at radius 1 is 1.36 bits per heavy atom. The van der Waals surface area contributed by atoms with Gasteiger partial charge in [0.05, 0.1) is 0 Å². The minimum atomic E-state index is -0.150. The minimum Gasteiger partial charge on any atom is -0.349 e. The van der Waals surface area contributed by atoms with Crippen LogP contribution in [0.4, 0.5) is 0 Å². The van der Waals surface area contributed by atoms with Crippen molar-refractivity contribution in [1.29, 1.82) is 0 Å². The molecule has 0 heterocycles. The van der Waals surface area contributed by atoms with Gasteiger partial charge in [0.2, 0.25) is 5.91 Å². The molecule has 1 aromatic carbocycles. The third-order valence-electron chi connectivity index (χ3n) is 1.69. The van der Waals surface area contributed by atoms with Crippen LogP contribution in [0, 0.1) is 0 Å². The highest BCUT2D eigenvalue weighted by Crippen LogP contribution is 1.99. The molecule has 2 heteroatoms. The fourth-order valence-electron chi connectivity index (χ4n) is 0.991. The van der Waals surface area contributed by atoms with E-state index in [2.05, 4.69) is 11.9 Å². The van der Waals surface area contributed by atoms with Gasteiger partial charge in [0.25, 0.3) is 0 Å². The van der Waals surface area contributed by atoms with Crippen molar-refractivity contribution in [3.63, 3.8) is 0 Å². The summed E-state index contributed by atoms with van der Waals surface area (Å²) in [6.45, 7) is 3.89. The first-order valence-corrected chi connectivity index (χ1v) is 4.45. The molecular formula is C12H13NO. The summed E-state index contributed by atoms with van der Waals surface area (Å²) >= 11 is 0. The van der Waals surface area contributed by atoms with Crippen molar-refractivity contribution >= 4 is 12.0 Å². The van der Waals surface area contributed by atoms with Crippen LogP contribution < -0.4 is 5.32 Å². The van der Waals surface area contributed by atoms with E-state index in [1.807, 2.05) is 42.5 Å². The molecule has 0 radical (unpaired) electrons. The maximum atomic E-state index is 10.8. The van der Waals surface area contributed by atoms with Crippen molar-refractivity contribution in [3.8, 4) is 0 Å². The van der Waals surface area contributed by atoms with Crippen molar-refractivity contribution in [3.05, 3.63) is 54.6 Å². The Balaban J connectivity index is 2.35. The fraction of sp³-hybridized carbons (Fsp3) is 0.0833. The number of amides is 1. The van der Waals surface area contributed by atoms with Crippen LogP contribution in [0.15, 0.2) is 49.1 Å². The van der Waals surface area contributed by atoms with Crippen molar-refractivity contribution in [1.82, 2.24) is 5.32 Å². The van der Waals surface area contributed by atoms with E-state index in [9.17, 15) is 4.79 Å².